The van der Waals surface area contributed by atoms with E-state index in [-0.39, 0.29) is 36.2 Å². The average molecular weight is 373 g/mol. The molecular formula is C17H37NNaO4P. The van der Waals surface area contributed by atoms with Gasteiger partial charge < -0.3 is 15.2 Å². The van der Waals surface area contributed by atoms with Crippen LogP contribution >= 0.6 is 7.82 Å². The van der Waals surface area contributed by atoms with Crippen LogP contribution in [0.15, 0.2) is 0 Å². The summed E-state index contributed by atoms with van der Waals surface area (Å²) in [4.78, 5) is 11.6. The number of phosphoric acid groups is 1. The zero-order chi connectivity index (χ0) is 17.4. The van der Waals surface area contributed by atoms with Crippen LogP contribution in [0.5, 0.6) is 0 Å². The van der Waals surface area contributed by atoms with Crippen LogP contribution in [-0.4, -0.2) is 12.8 Å². The Balaban J connectivity index is 0. The summed E-state index contributed by atoms with van der Waals surface area (Å²) in [7, 11) is -4.24. The van der Waals surface area contributed by atoms with Crippen molar-refractivity contribution in [3.8, 4) is 0 Å². The van der Waals surface area contributed by atoms with E-state index in [2.05, 4.69) is 6.92 Å². The van der Waals surface area contributed by atoms with Gasteiger partial charge in [0.05, 0.1) is 6.61 Å². The second kappa shape index (κ2) is 18.8. The normalized spacial score (nSPS) is 14.8. The molecule has 0 aromatic carbocycles. The molecule has 0 aliphatic heterocycles. The van der Waals surface area contributed by atoms with Crippen molar-refractivity contribution in [1.29, 1.82) is 0 Å². The summed E-state index contributed by atoms with van der Waals surface area (Å²) in [5.41, 5.74) is 5.60. The van der Waals surface area contributed by atoms with Gasteiger partial charge in [-0.05, 0) is 19.3 Å². The molecule has 0 bridgehead atoms. The van der Waals surface area contributed by atoms with E-state index in [1.807, 2.05) is 6.92 Å². The van der Waals surface area contributed by atoms with E-state index >= 15 is 0 Å². The van der Waals surface area contributed by atoms with Crippen molar-refractivity contribution < 1.29 is 48.1 Å². The summed E-state index contributed by atoms with van der Waals surface area (Å²) in [6, 6.07) is 0. The van der Waals surface area contributed by atoms with Crippen molar-refractivity contribution >= 4 is 7.82 Å². The fourth-order valence-corrected chi connectivity index (χ4v) is 3.27. The van der Waals surface area contributed by atoms with Gasteiger partial charge in [-0.25, -0.2) is 0 Å². The fraction of sp³-hybridized carbons (Fsp3) is 1.00. The summed E-state index contributed by atoms with van der Waals surface area (Å²) < 4.78 is 21.2. The van der Waals surface area contributed by atoms with Crippen LogP contribution in [0.3, 0.4) is 0 Å². The third-order valence-electron chi connectivity index (χ3n) is 3.85. The van der Waals surface area contributed by atoms with Crippen LogP contribution < -0.4 is 40.2 Å². The van der Waals surface area contributed by atoms with E-state index in [1.54, 1.807) is 0 Å². The molecule has 7 heteroatoms. The van der Waals surface area contributed by atoms with Gasteiger partial charge in [0.15, 0.2) is 0 Å². The van der Waals surface area contributed by atoms with Gasteiger partial charge in [0.1, 0.15) is 6.23 Å². The van der Waals surface area contributed by atoms with Crippen LogP contribution in [0.1, 0.15) is 97.3 Å². The van der Waals surface area contributed by atoms with Gasteiger partial charge in [-0.1, -0.05) is 78.1 Å². The summed E-state index contributed by atoms with van der Waals surface area (Å²) in [6.07, 6.45) is 13.6. The van der Waals surface area contributed by atoms with Crippen molar-refractivity contribution in [3.63, 3.8) is 0 Å². The SMILES string of the molecule is CCCCCCCCCCCCOP(=O)([O-])OC(N)CCCC.[Na+]. The van der Waals surface area contributed by atoms with Crippen LogP contribution in [0.2, 0.25) is 0 Å². The third-order valence-corrected chi connectivity index (χ3v) is 4.88. The zero-order valence-corrected chi connectivity index (χ0v) is 19.0. The minimum absolute atomic E-state index is 0. The van der Waals surface area contributed by atoms with Crippen molar-refractivity contribution in [1.82, 2.24) is 0 Å². The molecule has 24 heavy (non-hydrogen) atoms. The van der Waals surface area contributed by atoms with Crippen molar-refractivity contribution in [2.75, 3.05) is 6.61 Å². The molecule has 2 atom stereocenters. The van der Waals surface area contributed by atoms with Gasteiger partial charge in [-0.3, -0.25) is 9.09 Å². The van der Waals surface area contributed by atoms with Crippen molar-refractivity contribution in [2.24, 2.45) is 5.73 Å². The fourth-order valence-electron chi connectivity index (χ4n) is 2.42. The Hall–Kier alpha value is 1.07. The molecule has 0 amide bonds. The smallest absolute Gasteiger partial charge is 0.756 e. The van der Waals surface area contributed by atoms with Gasteiger partial charge in [-0.15, -0.1) is 0 Å². The molecule has 0 aliphatic rings. The first kappa shape index (κ1) is 27.3. The quantitative estimate of drug-likeness (QED) is 0.182. The maximum Gasteiger partial charge on any atom is 1.00 e. The molecule has 0 aliphatic carbocycles. The van der Waals surface area contributed by atoms with E-state index in [0.29, 0.717) is 6.42 Å². The summed E-state index contributed by atoms with van der Waals surface area (Å²) in [5.74, 6) is 0. The van der Waals surface area contributed by atoms with Crippen molar-refractivity contribution in [2.45, 2.75) is 104 Å². The minimum Gasteiger partial charge on any atom is -0.756 e. The van der Waals surface area contributed by atoms with E-state index in [0.717, 1.165) is 32.1 Å². The number of hydrogen-bond donors (Lipinski definition) is 1. The second-order valence-corrected chi connectivity index (χ2v) is 7.61. The second-order valence-electron chi connectivity index (χ2n) is 6.25. The predicted octanol–water partition coefficient (Wildman–Crippen LogP) is 1.89. The number of unbranched alkanes of at least 4 members (excludes halogenated alkanes) is 10. The Labute approximate surface area is 171 Å². The Morgan fingerprint density at radius 2 is 1.33 bits per heavy atom. The number of phosphoric ester groups is 1. The monoisotopic (exact) mass is 373 g/mol. The zero-order valence-electron chi connectivity index (χ0n) is 16.1. The molecule has 0 rings (SSSR count). The molecule has 2 N–H and O–H groups in total. The maximum atomic E-state index is 11.6. The Morgan fingerprint density at radius 1 is 0.875 bits per heavy atom. The average Bonchev–Trinajstić information content (AvgIpc) is 2.50. The standard InChI is InChI=1S/C17H38NO4P.Na/c1-3-5-7-8-9-10-11-12-13-14-16-21-23(19,20)22-17(18)15-6-4-2;/h17H,3-16,18H2,1-2H3,(H,19,20);/q;+1/p-1. The first-order valence-corrected chi connectivity index (χ1v) is 10.9. The Kier molecular flexibility index (Phi) is 21.4. The van der Waals surface area contributed by atoms with Gasteiger partial charge in [0, 0.05) is 0 Å². The number of rotatable bonds is 17. The van der Waals surface area contributed by atoms with Gasteiger partial charge in [0.2, 0.25) is 0 Å². The molecule has 0 radical (unpaired) electrons. The van der Waals surface area contributed by atoms with Gasteiger partial charge >= 0.3 is 29.6 Å². The van der Waals surface area contributed by atoms with E-state index in [9.17, 15) is 9.46 Å². The molecule has 0 heterocycles. The molecule has 5 nitrogen and oxygen atoms in total. The van der Waals surface area contributed by atoms with Crippen LogP contribution in [-0.2, 0) is 13.6 Å². The van der Waals surface area contributed by atoms with E-state index in [4.69, 9.17) is 14.8 Å². The first-order valence-electron chi connectivity index (χ1n) is 9.41. The topological polar surface area (TPSA) is 84.6 Å². The molecule has 0 fully saturated rings. The number of nitrogens with two attached hydrogens (primary N) is 1. The first-order chi connectivity index (χ1) is 11.0. The molecule has 140 valence electrons. The Bertz CT molecular complexity index is 308. The molecule has 0 spiro atoms. The maximum absolute atomic E-state index is 11.6. The molecule has 0 aromatic heterocycles. The van der Waals surface area contributed by atoms with Crippen LogP contribution in [0.25, 0.3) is 0 Å². The molecule has 2 unspecified atom stereocenters. The van der Waals surface area contributed by atoms with Crippen LogP contribution in [0, 0.1) is 0 Å². The van der Waals surface area contributed by atoms with E-state index < -0.39 is 14.1 Å². The largest absolute Gasteiger partial charge is 1.00 e. The number of hydrogen-bond acceptors (Lipinski definition) is 5. The summed E-state index contributed by atoms with van der Waals surface area (Å²) in [5, 5.41) is 0. The summed E-state index contributed by atoms with van der Waals surface area (Å²) >= 11 is 0. The minimum atomic E-state index is -4.24. The predicted molar refractivity (Wildman–Crippen MR) is 94.0 cm³/mol. The molecular weight excluding hydrogens is 336 g/mol. The summed E-state index contributed by atoms with van der Waals surface area (Å²) in [6.45, 7) is 4.44. The van der Waals surface area contributed by atoms with Gasteiger partial charge in [0.25, 0.3) is 7.82 Å². The molecule has 0 saturated carbocycles. The van der Waals surface area contributed by atoms with Gasteiger partial charge in [-0.2, -0.15) is 0 Å². The van der Waals surface area contributed by atoms with Crippen molar-refractivity contribution in [3.05, 3.63) is 0 Å². The Morgan fingerprint density at radius 3 is 1.83 bits per heavy atom. The molecule has 0 aromatic rings. The molecule has 0 saturated heterocycles. The van der Waals surface area contributed by atoms with Crippen LogP contribution in [0.4, 0.5) is 0 Å². The third kappa shape index (κ3) is 19.4. The van der Waals surface area contributed by atoms with E-state index in [1.165, 1.54) is 44.9 Å².